The Kier molecular flexibility index (Phi) is 2.40. The van der Waals surface area contributed by atoms with Crippen molar-refractivity contribution in [3.05, 3.63) is 28.5 Å². The molecule has 0 atom stereocenters. The highest BCUT2D eigenvalue weighted by molar-refractivity contribution is 7.07. The molecule has 1 aliphatic carbocycles. The molecular formula is C11H14N4S. The van der Waals surface area contributed by atoms with Crippen LogP contribution < -0.4 is 5.32 Å². The molecule has 1 aliphatic rings. The first-order valence-corrected chi connectivity index (χ1v) is 6.43. The summed E-state index contributed by atoms with van der Waals surface area (Å²) in [5, 5.41) is 5.52. The Balaban J connectivity index is 1.81. The van der Waals surface area contributed by atoms with Gasteiger partial charge in [0.2, 0.25) is 5.95 Å². The first kappa shape index (κ1) is 9.84. The van der Waals surface area contributed by atoms with Gasteiger partial charge in [0.15, 0.2) is 0 Å². The van der Waals surface area contributed by atoms with E-state index in [4.69, 9.17) is 0 Å². The second kappa shape index (κ2) is 3.90. The van der Waals surface area contributed by atoms with E-state index in [1.165, 1.54) is 12.8 Å². The molecule has 1 fully saturated rings. The van der Waals surface area contributed by atoms with Gasteiger partial charge >= 0.3 is 0 Å². The Labute approximate surface area is 98.4 Å². The third-order valence-corrected chi connectivity index (χ3v) is 3.26. The largest absolute Gasteiger partial charge is 0.353 e. The number of hydrogen-bond acceptors (Lipinski definition) is 4. The number of aryl methyl sites for hydroxylation is 1. The third-order valence-electron chi connectivity index (χ3n) is 2.62. The molecule has 0 spiro atoms. The van der Waals surface area contributed by atoms with Gasteiger partial charge in [0.25, 0.3) is 0 Å². The summed E-state index contributed by atoms with van der Waals surface area (Å²) in [5.41, 5.74) is 4.02. The van der Waals surface area contributed by atoms with Crippen LogP contribution in [0, 0.1) is 6.92 Å². The predicted octanol–water partition coefficient (Wildman–Crippen LogP) is 2.27. The van der Waals surface area contributed by atoms with Crippen LogP contribution in [0.25, 0.3) is 0 Å². The van der Waals surface area contributed by atoms with Crippen LogP contribution in [0.3, 0.4) is 0 Å². The molecule has 0 bridgehead atoms. The van der Waals surface area contributed by atoms with Crippen LogP contribution in [-0.2, 0) is 6.54 Å². The van der Waals surface area contributed by atoms with Crippen LogP contribution in [0.2, 0.25) is 0 Å². The molecule has 0 amide bonds. The Bertz CT molecular complexity index is 470. The fraction of sp³-hybridized carbons (Fsp3) is 0.455. The topological polar surface area (TPSA) is 42.7 Å². The number of thiazole rings is 1. The fourth-order valence-electron chi connectivity index (χ4n) is 1.68. The molecule has 84 valence electrons. The molecule has 2 heterocycles. The molecule has 0 aliphatic heterocycles. The summed E-state index contributed by atoms with van der Waals surface area (Å²) in [6, 6.07) is 0.635. The van der Waals surface area contributed by atoms with Gasteiger partial charge in [-0.1, -0.05) is 0 Å². The lowest BCUT2D eigenvalue weighted by Gasteiger charge is -2.06. The Morgan fingerprint density at radius 2 is 2.44 bits per heavy atom. The highest BCUT2D eigenvalue weighted by Gasteiger charge is 2.23. The van der Waals surface area contributed by atoms with Crippen molar-refractivity contribution in [2.75, 3.05) is 5.32 Å². The van der Waals surface area contributed by atoms with E-state index < -0.39 is 0 Å². The van der Waals surface area contributed by atoms with Crippen molar-refractivity contribution in [1.82, 2.24) is 14.5 Å². The maximum atomic E-state index is 4.50. The number of imidazole rings is 1. The lowest BCUT2D eigenvalue weighted by atomic mass is 10.5. The Hall–Kier alpha value is -1.36. The van der Waals surface area contributed by atoms with E-state index in [-0.39, 0.29) is 0 Å². The van der Waals surface area contributed by atoms with Crippen LogP contribution in [0.5, 0.6) is 0 Å². The molecule has 0 saturated heterocycles. The number of nitrogens with zero attached hydrogens (tertiary/aromatic N) is 3. The first-order chi connectivity index (χ1) is 7.81. The standard InChI is InChI=1S/C11H14N4S/c1-8-4-15(5-10-6-16-7-12-10)11(13-8)14-9-2-3-9/h4,6-7,9H,2-3,5H2,1H3,(H,13,14). The van der Waals surface area contributed by atoms with Crippen molar-refractivity contribution < 1.29 is 0 Å². The zero-order valence-corrected chi connectivity index (χ0v) is 10.00. The molecule has 3 rings (SSSR count). The van der Waals surface area contributed by atoms with Gasteiger partial charge in [-0.25, -0.2) is 9.97 Å². The van der Waals surface area contributed by atoms with Crippen molar-refractivity contribution in [3.8, 4) is 0 Å². The number of hydrogen-bond donors (Lipinski definition) is 1. The predicted molar refractivity (Wildman–Crippen MR) is 64.8 cm³/mol. The second-order valence-electron chi connectivity index (χ2n) is 4.23. The molecular weight excluding hydrogens is 220 g/mol. The third kappa shape index (κ3) is 2.09. The summed E-state index contributed by atoms with van der Waals surface area (Å²) in [7, 11) is 0. The van der Waals surface area contributed by atoms with Crippen molar-refractivity contribution >= 4 is 17.3 Å². The van der Waals surface area contributed by atoms with Gasteiger partial charge in [-0.2, -0.15) is 0 Å². The van der Waals surface area contributed by atoms with Crippen molar-refractivity contribution in [2.45, 2.75) is 32.4 Å². The molecule has 2 aromatic rings. The number of nitrogens with one attached hydrogen (secondary N) is 1. The van der Waals surface area contributed by atoms with E-state index in [1.807, 2.05) is 12.4 Å². The highest BCUT2D eigenvalue weighted by Crippen LogP contribution is 2.24. The summed E-state index contributed by atoms with van der Waals surface area (Å²) in [5.74, 6) is 0.980. The summed E-state index contributed by atoms with van der Waals surface area (Å²) >= 11 is 1.63. The number of aromatic nitrogens is 3. The zero-order chi connectivity index (χ0) is 11.0. The minimum Gasteiger partial charge on any atom is -0.353 e. The van der Waals surface area contributed by atoms with Crippen molar-refractivity contribution in [2.24, 2.45) is 0 Å². The highest BCUT2D eigenvalue weighted by atomic mass is 32.1. The van der Waals surface area contributed by atoms with E-state index in [1.54, 1.807) is 11.3 Å². The van der Waals surface area contributed by atoms with E-state index in [2.05, 4.69) is 31.4 Å². The van der Waals surface area contributed by atoms with Crippen LogP contribution in [0.4, 0.5) is 5.95 Å². The van der Waals surface area contributed by atoms with Gasteiger partial charge in [-0.15, -0.1) is 11.3 Å². The van der Waals surface area contributed by atoms with Crippen LogP contribution in [-0.4, -0.2) is 20.6 Å². The minimum absolute atomic E-state index is 0.635. The van der Waals surface area contributed by atoms with Gasteiger partial charge in [0.1, 0.15) is 0 Å². The van der Waals surface area contributed by atoms with E-state index in [0.29, 0.717) is 6.04 Å². The quantitative estimate of drug-likeness (QED) is 0.882. The SMILES string of the molecule is Cc1cn(Cc2cscn2)c(NC2CC2)n1. The summed E-state index contributed by atoms with van der Waals surface area (Å²) in [6.07, 6.45) is 4.61. The molecule has 5 heteroatoms. The maximum Gasteiger partial charge on any atom is 0.203 e. The maximum absolute atomic E-state index is 4.50. The minimum atomic E-state index is 0.635. The van der Waals surface area contributed by atoms with E-state index in [0.717, 1.165) is 23.9 Å². The van der Waals surface area contributed by atoms with Crippen LogP contribution in [0.1, 0.15) is 24.2 Å². The molecule has 0 radical (unpaired) electrons. The van der Waals surface area contributed by atoms with Gasteiger partial charge in [0, 0.05) is 17.6 Å². The van der Waals surface area contributed by atoms with Gasteiger partial charge < -0.3 is 9.88 Å². The van der Waals surface area contributed by atoms with Gasteiger partial charge in [-0.05, 0) is 19.8 Å². The fourth-order valence-corrected chi connectivity index (χ4v) is 2.23. The Morgan fingerprint density at radius 1 is 1.56 bits per heavy atom. The van der Waals surface area contributed by atoms with E-state index >= 15 is 0 Å². The molecule has 1 saturated carbocycles. The summed E-state index contributed by atoms with van der Waals surface area (Å²) in [6.45, 7) is 2.83. The van der Waals surface area contributed by atoms with Crippen LogP contribution in [0.15, 0.2) is 17.1 Å². The van der Waals surface area contributed by atoms with Crippen LogP contribution >= 0.6 is 11.3 Å². The van der Waals surface area contributed by atoms with Crippen molar-refractivity contribution in [3.63, 3.8) is 0 Å². The first-order valence-electron chi connectivity index (χ1n) is 5.48. The number of rotatable bonds is 4. The monoisotopic (exact) mass is 234 g/mol. The van der Waals surface area contributed by atoms with E-state index in [9.17, 15) is 0 Å². The molecule has 2 aromatic heterocycles. The Morgan fingerprint density at radius 3 is 3.12 bits per heavy atom. The number of anilines is 1. The van der Waals surface area contributed by atoms with Crippen molar-refractivity contribution in [1.29, 1.82) is 0 Å². The average Bonchev–Trinajstić information content (AvgIpc) is 2.79. The molecule has 1 N–H and O–H groups in total. The lowest BCUT2D eigenvalue weighted by Crippen LogP contribution is -2.09. The smallest absolute Gasteiger partial charge is 0.203 e. The zero-order valence-electron chi connectivity index (χ0n) is 9.18. The summed E-state index contributed by atoms with van der Waals surface area (Å²) < 4.78 is 2.14. The normalized spacial score (nSPS) is 15.3. The second-order valence-corrected chi connectivity index (χ2v) is 4.95. The van der Waals surface area contributed by atoms with Gasteiger partial charge in [-0.3, -0.25) is 0 Å². The molecule has 16 heavy (non-hydrogen) atoms. The lowest BCUT2D eigenvalue weighted by molar-refractivity contribution is 0.778. The molecule has 0 unspecified atom stereocenters. The summed E-state index contributed by atoms with van der Waals surface area (Å²) in [4.78, 5) is 8.80. The van der Waals surface area contributed by atoms with Gasteiger partial charge in [0.05, 0.1) is 23.4 Å². The molecule has 4 nitrogen and oxygen atoms in total. The average molecular weight is 234 g/mol. The molecule has 0 aromatic carbocycles.